The van der Waals surface area contributed by atoms with Crippen LogP contribution in [0.15, 0.2) is 35.5 Å². The molecule has 0 saturated carbocycles. The van der Waals surface area contributed by atoms with E-state index in [0.717, 1.165) is 12.1 Å². The van der Waals surface area contributed by atoms with E-state index in [2.05, 4.69) is 15.1 Å². The maximum Gasteiger partial charge on any atom is 0.261 e. The van der Waals surface area contributed by atoms with Gasteiger partial charge in [-0.2, -0.15) is 5.10 Å². The summed E-state index contributed by atoms with van der Waals surface area (Å²) in [6, 6.07) is 3.34. The van der Waals surface area contributed by atoms with Gasteiger partial charge in [-0.15, -0.1) is 0 Å². The molecule has 0 aliphatic carbocycles. The first-order chi connectivity index (χ1) is 8.66. The van der Waals surface area contributed by atoms with E-state index >= 15 is 0 Å². The second-order valence-electron chi connectivity index (χ2n) is 3.62. The number of hydrogen-bond acceptors (Lipinski definition) is 3. The average Bonchev–Trinajstić information content (AvgIpc) is 2.78. The first-order valence-corrected chi connectivity index (χ1v) is 5.03. The standard InChI is InChI=1S/C11H6F2N4O/c12-8-2-1-6(3-9(8)13)17-10-7(4-16-17)11(18)15-5-14-10/h1-5H,(H,14,15,18). The van der Waals surface area contributed by atoms with Crippen LogP contribution in [0.1, 0.15) is 0 Å². The molecule has 0 unspecified atom stereocenters. The Morgan fingerprint density at radius 3 is 2.83 bits per heavy atom. The number of fused-ring (bicyclic) bond motifs is 1. The molecule has 1 N–H and O–H groups in total. The lowest BCUT2D eigenvalue weighted by atomic mass is 10.3. The summed E-state index contributed by atoms with van der Waals surface area (Å²) in [4.78, 5) is 17.8. The van der Waals surface area contributed by atoms with Crippen molar-refractivity contribution >= 4 is 11.0 Å². The molecule has 0 atom stereocenters. The maximum absolute atomic E-state index is 13.1. The molecule has 7 heteroatoms. The van der Waals surface area contributed by atoms with Gasteiger partial charge in [0, 0.05) is 6.07 Å². The van der Waals surface area contributed by atoms with Crippen LogP contribution in [0.4, 0.5) is 8.78 Å². The maximum atomic E-state index is 13.1. The summed E-state index contributed by atoms with van der Waals surface area (Å²) in [7, 11) is 0. The highest BCUT2D eigenvalue weighted by Crippen LogP contribution is 2.15. The minimum atomic E-state index is -0.985. The van der Waals surface area contributed by atoms with Crippen molar-refractivity contribution in [2.45, 2.75) is 0 Å². The Morgan fingerprint density at radius 2 is 2.06 bits per heavy atom. The van der Waals surface area contributed by atoms with Crippen LogP contribution in [-0.4, -0.2) is 19.7 Å². The van der Waals surface area contributed by atoms with Gasteiger partial charge in [-0.05, 0) is 12.1 Å². The molecule has 18 heavy (non-hydrogen) atoms. The van der Waals surface area contributed by atoms with Crippen LogP contribution in [0.2, 0.25) is 0 Å². The second kappa shape index (κ2) is 3.73. The van der Waals surface area contributed by atoms with Crippen molar-refractivity contribution in [3.05, 3.63) is 52.7 Å². The summed E-state index contributed by atoms with van der Waals surface area (Å²) in [5.41, 5.74) is 0.237. The molecule has 3 aromatic rings. The monoisotopic (exact) mass is 248 g/mol. The summed E-state index contributed by atoms with van der Waals surface area (Å²) in [6.45, 7) is 0. The lowest BCUT2D eigenvalue weighted by molar-refractivity contribution is 0.507. The van der Waals surface area contributed by atoms with E-state index in [1.807, 2.05) is 0 Å². The molecule has 0 spiro atoms. The van der Waals surface area contributed by atoms with Crippen molar-refractivity contribution in [1.82, 2.24) is 19.7 Å². The van der Waals surface area contributed by atoms with E-state index in [1.54, 1.807) is 0 Å². The molecule has 0 bridgehead atoms. The topological polar surface area (TPSA) is 63.6 Å². The number of nitrogens with one attached hydrogen (secondary N) is 1. The van der Waals surface area contributed by atoms with Gasteiger partial charge in [-0.25, -0.2) is 18.4 Å². The Hall–Kier alpha value is -2.57. The highest BCUT2D eigenvalue weighted by atomic mass is 19.2. The fourth-order valence-electron chi connectivity index (χ4n) is 1.66. The molecule has 90 valence electrons. The normalized spacial score (nSPS) is 11.0. The van der Waals surface area contributed by atoms with Crippen molar-refractivity contribution in [2.24, 2.45) is 0 Å². The largest absolute Gasteiger partial charge is 0.312 e. The zero-order chi connectivity index (χ0) is 12.7. The van der Waals surface area contributed by atoms with Crippen LogP contribution in [0.3, 0.4) is 0 Å². The van der Waals surface area contributed by atoms with E-state index in [4.69, 9.17) is 0 Å². The first kappa shape index (κ1) is 10.6. The van der Waals surface area contributed by atoms with Crippen LogP contribution < -0.4 is 5.56 Å². The molecule has 2 aromatic heterocycles. The third-order valence-electron chi connectivity index (χ3n) is 2.52. The summed E-state index contributed by atoms with van der Waals surface area (Å²) >= 11 is 0. The second-order valence-corrected chi connectivity index (χ2v) is 3.62. The van der Waals surface area contributed by atoms with Crippen LogP contribution in [-0.2, 0) is 0 Å². The lowest BCUT2D eigenvalue weighted by Gasteiger charge is -2.02. The van der Waals surface area contributed by atoms with Gasteiger partial charge in [0.1, 0.15) is 5.39 Å². The number of halogens is 2. The van der Waals surface area contributed by atoms with E-state index < -0.39 is 11.6 Å². The Balaban J connectivity index is 2.29. The molecular weight excluding hydrogens is 242 g/mol. The number of nitrogens with zero attached hydrogens (tertiary/aromatic N) is 3. The molecule has 2 heterocycles. The molecule has 3 rings (SSSR count). The fraction of sp³-hybridized carbons (Fsp3) is 0. The van der Waals surface area contributed by atoms with Gasteiger partial charge in [0.05, 0.1) is 18.2 Å². The number of H-pyrrole nitrogens is 1. The summed E-state index contributed by atoms with van der Waals surface area (Å²) in [5, 5.41) is 4.22. The molecule has 0 amide bonds. The van der Waals surface area contributed by atoms with Gasteiger partial charge in [0.2, 0.25) is 0 Å². The van der Waals surface area contributed by atoms with Crippen molar-refractivity contribution in [3.63, 3.8) is 0 Å². The van der Waals surface area contributed by atoms with Gasteiger partial charge in [-0.1, -0.05) is 0 Å². The third kappa shape index (κ3) is 1.48. The Labute approximate surface area is 98.7 Å². The molecule has 0 radical (unpaired) electrons. The molecule has 1 aromatic carbocycles. The molecule has 0 aliphatic heterocycles. The molecule has 0 aliphatic rings. The van der Waals surface area contributed by atoms with E-state index in [9.17, 15) is 13.6 Å². The fourth-order valence-corrected chi connectivity index (χ4v) is 1.66. The van der Waals surface area contributed by atoms with Gasteiger partial charge < -0.3 is 4.98 Å². The minimum absolute atomic E-state index is 0.280. The first-order valence-electron chi connectivity index (χ1n) is 5.03. The molecule has 0 saturated heterocycles. The zero-order valence-electron chi connectivity index (χ0n) is 8.89. The van der Waals surface area contributed by atoms with Gasteiger partial charge >= 0.3 is 0 Å². The van der Waals surface area contributed by atoms with Gasteiger partial charge in [0.15, 0.2) is 17.3 Å². The summed E-state index contributed by atoms with van der Waals surface area (Å²) < 4.78 is 27.3. The van der Waals surface area contributed by atoms with Crippen LogP contribution in [0, 0.1) is 11.6 Å². The number of rotatable bonds is 1. The van der Waals surface area contributed by atoms with E-state index in [0.29, 0.717) is 5.69 Å². The predicted octanol–water partition coefficient (Wildman–Crippen LogP) is 1.39. The minimum Gasteiger partial charge on any atom is -0.312 e. The van der Waals surface area contributed by atoms with E-state index in [-0.39, 0.29) is 16.6 Å². The number of aromatic nitrogens is 4. The summed E-state index contributed by atoms with van der Waals surface area (Å²) in [6.07, 6.45) is 2.55. The van der Waals surface area contributed by atoms with Crippen LogP contribution >= 0.6 is 0 Å². The van der Waals surface area contributed by atoms with E-state index in [1.165, 1.54) is 23.3 Å². The Kier molecular flexibility index (Phi) is 2.19. The van der Waals surface area contributed by atoms with Crippen molar-refractivity contribution in [1.29, 1.82) is 0 Å². The lowest BCUT2D eigenvalue weighted by Crippen LogP contribution is -2.06. The average molecular weight is 248 g/mol. The molecule has 5 nitrogen and oxygen atoms in total. The van der Waals surface area contributed by atoms with Crippen LogP contribution in [0.5, 0.6) is 0 Å². The van der Waals surface area contributed by atoms with Crippen LogP contribution in [0.25, 0.3) is 16.7 Å². The van der Waals surface area contributed by atoms with Crippen molar-refractivity contribution < 1.29 is 8.78 Å². The Morgan fingerprint density at radius 1 is 1.22 bits per heavy atom. The zero-order valence-corrected chi connectivity index (χ0v) is 8.89. The van der Waals surface area contributed by atoms with Gasteiger partial charge in [-0.3, -0.25) is 4.79 Å². The number of aromatic amines is 1. The SMILES string of the molecule is O=c1[nH]cnc2c1cnn2-c1ccc(F)c(F)c1. The Bertz CT molecular complexity index is 793. The number of hydrogen-bond donors (Lipinski definition) is 1. The highest BCUT2D eigenvalue weighted by Gasteiger charge is 2.10. The third-order valence-corrected chi connectivity index (χ3v) is 2.52. The highest BCUT2D eigenvalue weighted by molar-refractivity contribution is 5.74. The quantitative estimate of drug-likeness (QED) is 0.707. The smallest absolute Gasteiger partial charge is 0.261 e. The predicted molar refractivity (Wildman–Crippen MR) is 59.4 cm³/mol. The summed E-state index contributed by atoms with van der Waals surface area (Å²) in [5.74, 6) is -1.93. The van der Waals surface area contributed by atoms with Crippen molar-refractivity contribution in [2.75, 3.05) is 0 Å². The van der Waals surface area contributed by atoms with Gasteiger partial charge in [0.25, 0.3) is 5.56 Å². The molecular formula is C11H6F2N4O. The number of benzene rings is 1. The van der Waals surface area contributed by atoms with Crippen molar-refractivity contribution in [3.8, 4) is 5.69 Å². The molecule has 0 fully saturated rings.